The van der Waals surface area contributed by atoms with E-state index >= 15 is 0 Å². The summed E-state index contributed by atoms with van der Waals surface area (Å²) in [5.74, 6) is 0.766. The van der Waals surface area contributed by atoms with Gasteiger partial charge >= 0.3 is 0 Å². The molecule has 0 fully saturated rings. The normalized spacial score (nSPS) is 11.0. The zero-order valence-electron chi connectivity index (χ0n) is 10.3. The molecule has 1 aromatic carbocycles. The summed E-state index contributed by atoms with van der Waals surface area (Å²) in [4.78, 5) is 12.3. The number of Topliss-reactive ketones (excluding diaryl/α,β-unsaturated/α-hetero) is 1. The minimum absolute atomic E-state index is 0.0684. The van der Waals surface area contributed by atoms with Gasteiger partial charge in [-0.3, -0.25) is 4.79 Å². The maximum Gasteiger partial charge on any atom is 0.172 e. The fourth-order valence-corrected chi connectivity index (χ4v) is 1.32. The number of allylic oxidation sites excluding steroid dienone is 1. The average molecular weight is 218 g/mol. The van der Waals surface area contributed by atoms with Gasteiger partial charge in [-0.1, -0.05) is 24.3 Å². The number of carbonyl (C=O) groups is 1. The molecule has 0 atom stereocenters. The van der Waals surface area contributed by atoms with Gasteiger partial charge in [0.25, 0.3) is 0 Å². The summed E-state index contributed by atoms with van der Waals surface area (Å²) in [6, 6.07) is 7.20. The lowest BCUT2D eigenvalue weighted by molar-refractivity contribution is 0.0875. The van der Waals surface area contributed by atoms with Crippen LogP contribution < -0.4 is 4.74 Å². The molecule has 0 spiro atoms. The van der Waals surface area contributed by atoms with Crippen LogP contribution in [0.4, 0.5) is 0 Å². The van der Waals surface area contributed by atoms with Crippen LogP contribution in [0.2, 0.25) is 0 Å². The van der Waals surface area contributed by atoms with E-state index in [-0.39, 0.29) is 5.78 Å². The maximum atomic E-state index is 12.3. The second-order valence-electron chi connectivity index (χ2n) is 4.47. The van der Waals surface area contributed by atoms with Crippen LogP contribution in [-0.2, 0) is 0 Å². The lowest BCUT2D eigenvalue weighted by atomic mass is 9.79. The van der Waals surface area contributed by atoms with E-state index in [4.69, 9.17) is 4.74 Å². The Kier molecular flexibility index (Phi) is 3.53. The quantitative estimate of drug-likeness (QED) is 0.571. The molecule has 2 heteroatoms. The first-order valence-electron chi connectivity index (χ1n) is 5.24. The summed E-state index contributed by atoms with van der Waals surface area (Å²) in [6.45, 7) is 9.51. The highest BCUT2D eigenvalue weighted by Crippen LogP contribution is 2.30. The molecule has 1 rings (SSSR count). The Bertz CT molecular complexity index is 416. The fourth-order valence-electron chi connectivity index (χ4n) is 1.32. The number of methoxy groups -OCH3 is 1. The van der Waals surface area contributed by atoms with Gasteiger partial charge in [0.05, 0.1) is 7.11 Å². The summed E-state index contributed by atoms with van der Waals surface area (Å²) >= 11 is 0. The summed E-state index contributed by atoms with van der Waals surface area (Å²) in [6.07, 6.45) is 0. The highest BCUT2D eigenvalue weighted by Gasteiger charge is 2.29. The molecule has 0 N–H and O–H groups in total. The fraction of sp³-hybridized carbons (Fsp3) is 0.357. The van der Waals surface area contributed by atoms with Crippen LogP contribution in [-0.4, -0.2) is 12.9 Å². The zero-order valence-corrected chi connectivity index (χ0v) is 10.3. The molecule has 0 aromatic heterocycles. The standard InChI is InChI=1S/C14H18O2/c1-10(2)14(3,4)13(15)11-7-6-8-12(9-11)16-5/h6-9H,1H2,2-5H3. The van der Waals surface area contributed by atoms with E-state index in [0.717, 1.165) is 5.57 Å². The number of ketones is 1. The van der Waals surface area contributed by atoms with E-state index in [2.05, 4.69) is 6.58 Å². The second-order valence-corrected chi connectivity index (χ2v) is 4.47. The van der Waals surface area contributed by atoms with Gasteiger partial charge in [0.15, 0.2) is 5.78 Å². The van der Waals surface area contributed by atoms with Crippen molar-refractivity contribution in [3.8, 4) is 5.75 Å². The Labute approximate surface area is 96.9 Å². The first kappa shape index (κ1) is 12.5. The van der Waals surface area contributed by atoms with E-state index in [9.17, 15) is 4.79 Å². The number of rotatable bonds is 4. The zero-order chi connectivity index (χ0) is 12.3. The van der Waals surface area contributed by atoms with Gasteiger partial charge in [0.2, 0.25) is 0 Å². The van der Waals surface area contributed by atoms with Crippen molar-refractivity contribution >= 4 is 5.78 Å². The summed E-state index contributed by atoms with van der Waals surface area (Å²) in [7, 11) is 1.59. The molecule has 2 nitrogen and oxygen atoms in total. The first-order valence-corrected chi connectivity index (χ1v) is 5.24. The van der Waals surface area contributed by atoms with E-state index < -0.39 is 5.41 Å². The maximum absolute atomic E-state index is 12.3. The highest BCUT2D eigenvalue weighted by atomic mass is 16.5. The van der Waals surface area contributed by atoms with Crippen LogP contribution in [0.1, 0.15) is 31.1 Å². The average Bonchev–Trinajstić information content (AvgIpc) is 2.27. The molecule has 0 bridgehead atoms. The third-order valence-corrected chi connectivity index (χ3v) is 2.97. The summed E-state index contributed by atoms with van der Waals surface area (Å²) < 4.78 is 5.10. The largest absolute Gasteiger partial charge is 0.497 e. The Morgan fingerprint density at radius 3 is 2.50 bits per heavy atom. The molecule has 0 radical (unpaired) electrons. The second kappa shape index (κ2) is 4.52. The monoisotopic (exact) mass is 218 g/mol. The molecule has 0 aliphatic heterocycles. The first-order chi connectivity index (χ1) is 7.39. The third kappa shape index (κ3) is 2.32. The van der Waals surface area contributed by atoms with E-state index in [0.29, 0.717) is 11.3 Å². The molecule has 0 saturated carbocycles. The van der Waals surface area contributed by atoms with Gasteiger partial charge in [-0.2, -0.15) is 0 Å². The predicted octanol–water partition coefficient (Wildman–Crippen LogP) is 3.48. The number of ether oxygens (including phenoxy) is 1. The highest BCUT2D eigenvalue weighted by molar-refractivity contribution is 6.02. The summed E-state index contributed by atoms with van der Waals surface area (Å²) in [5.41, 5.74) is 0.986. The molecule has 0 aliphatic rings. The smallest absolute Gasteiger partial charge is 0.172 e. The van der Waals surface area contributed by atoms with Crippen molar-refractivity contribution in [1.82, 2.24) is 0 Å². The van der Waals surface area contributed by atoms with Gasteiger partial charge in [0.1, 0.15) is 5.75 Å². The number of hydrogen-bond acceptors (Lipinski definition) is 2. The summed E-state index contributed by atoms with van der Waals surface area (Å²) in [5, 5.41) is 0. The number of carbonyl (C=O) groups excluding carboxylic acids is 1. The Balaban J connectivity index is 3.10. The molecule has 0 saturated heterocycles. The van der Waals surface area contributed by atoms with Crippen LogP contribution >= 0.6 is 0 Å². The van der Waals surface area contributed by atoms with Crippen molar-refractivity contribution in [2.24, 2.45) is 5.41 Å². The Morgan fingerprint density at radius 2 is 2.00 bits per heavy atom. The molecule has 16 heavy (non-hydrogen) atoms. The van der Waals surface area contributed by atoms with Gasteiger partial charge in [-0.05, 0) is 32.9 Å². The van der Waals surface area contributed by atoms with Crippen LogP contribution in [0.15, 0.2) is 36.4 Å². The predicted molar refractivity (Wildman–Crippen MR) is 65.9 cm³/mol. The molecule has 86 valence electrons. The van der Waals surface area contributed by atoms with Gasteiger partial charge in [-0.15, -0.1) is 0 Å². The van der Waals surface area contributed by atoms with Crippen LogP contribution in [0.25, 0.3) is 0 Å². The molecule has 0 amide bonds. The third-order valence-electron chi connectivity index (χ3n) is 2.97. The number of hydrogen-bond donors (Lipinski definition) is 0. The van der Waals surface area contributed by atoms with Crippen molar-refractivity contribution in [3.05, 3.63) is 42.0 Å². The van der Waals surface area contributed by atoms with Gasteiger partial charge in [-0.25, -0.2) is 0 Å². The molecule has 0 aliphatic carbocycles. The lowest BCUT2D eigenvalue weighted by Gasteiger charge is -2.23. The molecule has 0 unspecified atom stereocenters. The number of benzene rings is 1. The minimum atomic E-state index is -0.535. The molecular weight excluding hydrogens is 200 g/mol. The van der Waals surface area contributed by atoms with Crippen molar-refractivity contribution in [1.29, 1.82) is 0 Å². The van der Waals surface area contributed by atoms with Crippen LogP contribution in [0.3, 0.4) is 0 Å². The van der Waals surface area contributed by atoms with Gasteiger partial charge in [0, 0.05) is 11.0 Å². The molecule has 1 aromatic rings. The van der Waals surface area contributed by atoms with E-state index in [1.165, 1.54) is 0 Å². The lowest BCUT2D eigenvalue weighted by Crippen LogP contribution is -2.25. The van der Waals surface area contributed by atoms with E-state index in [1.807, 2.05) is 32.9 Å². The van der Waals surface area contributed by atoms with Crippen LogP contribution in [0, 0.1) is 5.41 Å². The minimum Gasteiger partial charge on any atom is -0.497 e. The SMILES string of the molecule is C=C(C)C(C)(C)C(=O)c1cccc(OC)c1. The molecular formula is C14H18O2. The van der Waals surface area contributed by atoms with Crippen LogP contribution in [0.5, 0.6) is 5.75 Å². The van der Waals surface area contributed by atoms with Crippen molar-refractivity contribution in [3.63, 3.8) is 0 Å². The Morgan fingerprint density at radius 1 is 1.38 bits per heavy atom. The van der Waals surface area contributed by atoms with Crippen molar-refractivity contribution in [2.45, 2.75) is 20.8 Å². The topological polar surface area (TPSA) is 26.3 Å². The van der Waals surface area contributed by atoms with E-state index in [1.54, 1.807) is 19.2 Å². The van der Waals surface area contributed by atoms with Crippen molar-refractivity contribution in [2.75, 3.05) is 7.11 Å². The molecule has 0 heterocycles. The van der Waals surface area contributed by atoms with Crippen molar-refractivity contribution < 1.29 is 9.53 Å². The Hall–Kier alpha value is -1.57. The van der Waals surface area contributed by atoms with Gasteiger partial charge < -0.3 is 4.74 Å².